The maximum Gasteiger partial charge on any atom is 0.409 e. The lowest BCUT2D eigenvalue weighted by Crippen LogP contribution is -2.32. The van der Waals surface area contributed by atoms with Gasteiger partial charge in [-0.15, -0.1) is 0 Å². The van der Waals surface area contributed by atoms with Crippen LogP contribution in [0.3, 0.4) is 0 Å². The predicted octanol–water partition coefficient (Wildman–Crippen LogP) is 2.51. The number of carbonyl (C=O) groups excluding carboxylic acids is 1. The first-order valence-corrected chi connectivity index (χ1v) is 4.89. The van der Waals surface area contributed by atoms with E-state index in [1.807, 2.05) is 13.8 Å². The van der Waals surface area contributed by atoms with Gasteiger partial charge < -0.3 is 9.64 Å². The molecule has 0 saturated carbocycles. The highest BCUT2D eigenvalue weighted by atomic mass is 16.6. The van der Waals surface area contributed by atoms with Gasteiger partial charge in [0.05, 0.1) is 6.10 Å². The van der Waals surface area contributed by atoms with Gasteiger partial charge in [0.25, 0.3) is 0 Å². The van der Waals surface area contributed by atoms with Gasteiger partial charge >= 0.3 is 6.09 Å². The number of hydrogen-bond donors (Lipinski definition) is 0. The molecule has 0 aliphatic carbocycles. The van der Waals surface area contributed by atoms with Crippen molar-refractivity contribution >= 4 is 6.09 Å². The molecule has 1 amide bonds. The molecule has 0 aliphatic heterocycles. The van der Waals surface area contributed by atoms with Gasteiger partial charge in [0, 0.05) is 13.6 Å². The van der Waals surface area contributed by atoms with E-state index in [0.29, 0.717) is 5.92 Å². The third-order valence-corrected chi connectivity index (χ3v) is 1.93. The van der Waals surface area contributed by atoms with Gasteiger partial charge in [-0.1, -0.05) is 20.3 Å². The first-order valence-electron chi connectivity index (χ1n) is 4.89. The Balaban J connectivity index is 3.82. The monoisotopic (exact) mass is 187 g/mol. The highest BCUT2D eigenvalue weighted by Gasteiger charge is 2.13. The zero-order valence-electron chi connectivity index (χ0n) is 9.33. The highest BCUT2D eigenvalue weighted by Crippen LogP contribution is 2.04. The highest BCUT2D eigenvalue weighted by molar-refractivity contribution is 5.67. The van der Waals surface area contributed by atoms with Crippen LogP contribution < -0.4 is 0 Å². The van der Waals surface area contributed by atoms with Crippen LogP contribution in [-0.2, 0) is 4.74 Å². The summed E-state index contributed by atoms with van der Waals surface area (Å²) in [7, 11) is 1.77. The van der Waals surface area contributed by atoms with E-state index >= 15 is 0 Å². The largest absolute Gasteiger partial charge is 0.447 e. The number of carbonyl (C=O) groups is 1. The summed E-state index contributed by atoms with van der Waals surface area (Å²) < 4.78 is 5.04. The number of hydrogen-bond acceptors (Lipinski definition) is 2. The Labute approximate surface area is 81.1 Å². The Kier molecular flexibility index (Phi) is 5.51. The number of rotatable bonds is 4. The molecule has 0 N–H and O–H groups in total. The summed E-state index contributed by atoms with van der Waals surface area (Å²) in [5.41, 5.74) is 0. The van der Waals surface area contributed by atoms with E-state index in [2.05, 4.69) is 13.8 Å². The molecule has 0 heterocycles. The van der Waals surface area contributed by atoms with Crippen molar-refractivity contribution in [3.63, 3.8) is 0 Å². The zero-order chi connectivity index (χ0) is 10.4. The Morgan fingerprint density at radius 2 is 1.92 bits per heavy atom. The molecule has 13 heavy (non-hydrogen) atoms. The van der Waals surface area contributed by atoms with Crippen LogP contribution in [0.1, 0.15) is 34.1 Å². The lowest BCUT2D eigenvalue weighted by molar-refractivity contribution is 0.0803. The molecule has 0 aliphatic rings. The minimum atomic E-state index is -0.227. The van der Waals surface area contributed by atoms with E-state index in [-0.39, 0.29) is 12.2 Å². The molecule has 0 radical (unpaired) electrons. The van der Waals surface area contributed by atoms with Crippen LogP contribution in [0.5, 0.6) is 0 Å². The molecule has 78 valence electrons. The minimum absolute atomic E-state index is 0.0353. The Morgan fingerprint density at radius 3 is 2.31 bits per heavy atom. The lowest BCUT2D eigenvalue weighted by atomic mass is 10.1. The Hall–Kier alpha value is -0.730. The topological polar surface area (TPSA) is 29.5 Å². The van der Waals surface area contributed by atoms with Crippen molar-refractivity contribution in [2.45, 2.75) is 40.2 Å². The first-order chi connectivity index (χ1) is 5.97. The second-order valence-corrected chi connectivity index (χ2v) is 3.83. The maximum atomic E-state index is 11.3. The van der Waals surface area contributed by atoms with Crippen molar-refractivity contribution in [1.29, 1.82) is 0 Å². The second-order valence-electron chi connectivity index (χ2n) is 3.83. The van der Waals surface area contributed by atoms with Crippen LogP contribution in [0.4, 0.5) is 4.79 Å². The van der Waals surface area contributed by atoms with Crippen molar-refractivity contribution in [3.8, 4) is 0 Å². The summed E-state index contributed by atoms with van der Waals surface area (Å²) in [6.07, 6.45) is 0.821. The molecule has 0 fully saturated rings. The molecule has 0 bridgehead atoms. The van der Waals surface area contributed by atoms with Crippen molar-refractivity contribution in [3.05, 3.63) is 0 Å². The van der Waals surface area contributed by atoms with Crippen molar-refractivity contribution in [2.75, 3.05) is 13.6 Å². The number of nitrogens with zero attached hydrogens (tertiary/aromatic N) is 1. The van der Waals surface area contributed by atoms with Crippen LogP contribution in [0, 0.1) is 5.92 Å². The molecule has 0 saturated heterocycles. The molecule has 0 aromatic rings. The second kappa shape index (κ2) is 5.84. The smallest absolute Gasteiger partial charge is 0.409 e. The summed E-state index contributed by atoms with van der Waals surface area (Å²) >= 11 is 0. The molecule has 1 unspecified atom stereocenters. The fraction of sp³-hybridized carbons (Fsp3) is 0.900. The fourth-order valence-electron chi connectivity index (χ4n) is 0.963. The molecule has 3 nitrogen and oxygen atoms in total. The van der Waals surface area contributed by atoms with E-state index < -0.39 is 0 Å². The van der Waals surface area contributed by atoms with Crippen molar-refractivity contribution in [2.24, 2.45) is 5.92 Å². The van der Waals surface area contributed by atoms with Gasteiger partial charge in [-0.3, -0.25) is 0 Å². The number of ether oxygens (including phenoxy) is 1. The van der Waals surface area contributed by atoms with Gasteiger partial charge in [0.2, 0.25) is 0 Å². The zero-order valence-corrected chi connectivity index (χ0v) is 9.33. The quantitative estimate of drug-likeness (QED) is 0.676. The van der Waals surface area contributed by atoms with E-state index in [0.717, 1.165) is 13.0 Å². The van der Waals surface area contributed by atoms with E-state index in [4.69, 9.17) is 4.74 Å². The Bertz CT molecular complexity index is 157. The molecular weight excluding hydrogens is 166 g/mol. The minimum Gasteiger partial charge on any atom is -0.447 e. The molecule has 3 heteroatoms. The summed E-state index contributed by atoms with van der Waals surface area (Å²) in [4.78, 5) is 12.9. The Morgan fingerprint density at radius 1 is 1.38 bits per heavy atom. The first kappa shape index (κ1) is 12.3. The summed E-state index contributed by atoms with van der Waals surface area (Å²) in [6.45, 7) is 8.72. The average molecular weight is 187 g/mol. The summed E-state index contributed by atoms with van der Waals surface area (Å²) in [5.74, 6) is 0.532. The normalized spacial score (nSPS) is 12.8. The fourth-order valence-corrected chi connectivity index (χ4v) is 0.963. The molecule has 0 rings (SSSR count). The van der Waals surface area contributed by atoms with E-state index in [1.54, 1.807) is 11.9 Å². The standard InChI is InChI=1S/C10H21NO2/c1-6-9(4)7-11(5)10(12)13-8(2)3/h8-9H,6-7H2,1-5H3. The van der Waals surface area contributed by atoms with Gasteiger partial charge in [0.15, 0.2) is 0 Å². The van der Waals surface area contributed by atoms with Crippen LogP contribution in [0.25, 0.3) is 0 Å². The van der Waals surface area contributed by atoms with Crippen LogP contribution in [-0.4, -0.2) is 30.7 Å². The maximum absolute atomic E-state index is 11.3. The van der Waals surface area contributed by atoms with Gasteiger partial charge in [-0.25, -0.2) is 4.79 Å². The third-order valence-electron chi connectivity index (χ3n) is 1.93. The molecule has 0 aromatic heterocycles. The van der Waals surface area contributed by atoms with Crippen LogP contribution in [0.15, 0.2) is 0 Å². The molecule has 0 aromatic carbocycles. The summed E-state index contributed by atoms with van der Waals surface area (Å²) in [5, 5.41) is 0. The summed E-state index contributed by atoms with van der Waals surface area (Å²) in [6, 6.07) is 0. The molecule has 0 spiro atoms. The van der Waals surface area contributed by atoms with Crippen molar-refractivity contribution in [1.82, 2.24) is 4.90 Å². The van der Waals surface area contributed by atoms with E-state index in [1.165, 1.54) is 0 Å². The predicted molar refractivity (Wildman–Crippen MR) is 53.7 cm³/mol. The van der Waals surface area contributed by atoms with Gasteiger partial charge in [0.1, 0.15) is 0 Å². The van der Waals surface area contributed by atoms with Crippen molar-refractivity contribution < 1.29 is 9.53 Å². The van der Waals surface area contributed by atoms with Gasteiger partial charge in [-0.05, 0) is 19.8 Å². The SMILES string of the molecule is CCC(C)CN(C)C(=O)OC(C)C. The van der Waals surface area contributed by atoms with Gasteiger partial charge in [-0.2, -0.15) is 0 Å². The molecular formula is C10H21NO2. The van der Waals surface area contributed by atoms with Crippen LogP contribution >= 0.6 is 0 Å². The molecule has 1 atom stereocenters. The number of amides is 1. The van der Waals surface area contributed by atoms with Crippen LogP contribution in [0.2, 0.25) is 0 Å². The third kappa shape index (κ3) is 5.50. The average Bonchev–Trinajstić information content (AvgIpc) is 2.02. The van der Waals surface area contributed by atoms with E-state index in [9.17, 15) is 4.79 Å². The lowest BCUT2D eigenvalue weighted by Gasteiger charge is -2.21.